The number of para-hydroxylation sites is 1. The van der Waals surface area contributed by atoms with Gasteiger partial charge in [0.15, 0.2) is 0 Å². The van der Waals surface area contributed by atoms with Gasteiger partial charge < -0.3 is 19.3 Å². The SMILES string of the molecule is COc1ccccc1CN1CC2(CC[C@@H](CNC(=O)c3ccno3)CO2)C1. The monoisotopic (exact) mass is 371 g/mol. The average Bonchev–Trinajstić information content (AvgIpc) is 3.21. The van der Waals surface area contributed by atoms with Crippen LogP contribution in [0.1, 0.15) is 29.0 Å². The Bertz CT molecular complexity index is 761. The third kappa shape index (κ3) is 3.99. The van der Waals surface area contributed by atoms with Crippen LogP contribution in [0.4, 0.5) is 0 Å². The predicted octanol–water partition coefficient (Wildman–Crippen LogP) is 2.09. The number of benzene rings is 1. The van der Waals surface area contributed by atoms with Crippen molar-refractivity contribution in [2.24, 2.45) is 5.92 Å². The Labute approximate surface area is 158 Å². The van der Waals surface area contributed by atoms with E-state index in [-0.39, 0.29) is 17.3 Å². The molecule has 4 rings (SSSR count). The van der Waals surface area contributed by atoms with Crippen molar-refractivity contribution in [2.75, 3.05) is 33.4 Å². The lowest BCUT2D eigenvalue weighted by atomic mass is 9.82. The molecule has 1 aromatic heterocycles. The molecule has 2 aromatic rings. The van der Waals surface area contributed by atoms with Crippen molar-refractivity contribution < 1.29 is 18.8 Å². The highest BCUT2D eigenvalue weighted by atomic mass is 16.5. The molecule has 0 unspecified atom stereocenters. The molecule has 144 valence electrons. The molecule has 2 fully saturated rings. The number of amides is 1. The molecule has 1 amide bonds. The highest BCUT2D eigenvalue weighted by molar-refractivity contribution is 5.91. The molecule has 1 N–H and O–H groups in total. The van der Waals surface area contributed by atoms with Gasteiger partial charge in [0.2, 0.25) is 5.76 Å². The van der Waals surface area contributed by atoms with Crippen molar-refractivity contribution in [3.8, 4) is 5.75 Å². The summed E-state index contributed by atoms with van der Waals surface area (Å²) in [6, 6.07) is 9.71. The van der Waals surface area contributed by atoms with Crippen molar-refractivity contribution in [1.29, 1.82) is 0 Å². The van der Waals surface area contributed by atoms with Gasteiger partial charge in [0, 0.05) is 37.8 Å². The fourth-order valence-electron chi connectivity index (χ4n) is 3.94. The van der Waals surface area contributed by atoms with E-state index in [0.717, 1.165) is 38.2 Å². The molecule has 1 aromatic carbocycles. The van der Waals surface area contributed by atoms with Crippen LogP contribution in [0.2, 0.25) is 0 Å². The molecular weight excluding hydrogens is 346 g/mol. The van der Waals surface area contributed by atoms with E-state index >= 15 is 0 Å². The molecule has 2 saturated heterocycles. The van der Waals surface area contributed by atoms with Crippen molar-refractivity contribution >= 4 is 5.91 Å². The quantitative estimate of drug-likeness (QED) is 0.838. The van der Waals surface area contributed by atoms with Crippen LogP contribution < -0.4 is 10.1 Å². The second-order valence-electron chi connectivity index (χ2n) is 7.44. The van der Waals surface area contributed by atoms with E-state index in [1.807, 2.05) is 18.2 Å². The number of hydrogen-bond acceptors (Lipinski definition) is 6. The van der Waals surface area contributed by atoms with Crippen LogP contribution >= 0.6 is 0 Å². The molecule has 2 aliphatic rings. The predicted molar refractivity (Wildman–Crippen MR) is 98.5 cm³/mol. The maximum absolute atomic E-state index is 11.9. The molecule has 1 atom stereocenters. The second kappa shape index (κ2) is 7.70. The number of nitrogens with one attached hydrogen (secondary N) is 1. The summed E-state index contributed by atoms with van der Waals surface area (Å²) in [5, 5.41) is 6.45. The first-order valence-corrected chi connectivity index (χ1v) is 9.34. The summed E-state index contributed by atoms with van der Waals surface area (Å²) in [6.45, 7) is 4.05. The minimum atomic E-state index is -0.223. The number of carbonyl (C=O) groups is 1. The normalized spacial score (nSPS) is 21.6. The number of carbonyl (C=O) groups excluding carboxylic acids is 1. The number of ether oxygens (including phenoxy) is 2. The van der Waals surface area contributed by atoms with Gasteiger partial charge in [0.05, 0.1) is 25.5 Å². The number of aromatic nitrogens is 1. The standard InChI is InChI=1S/C20H25N3O4/c1-25-17-5-3-2-4-16(17)11-23-13-20(14-23)8-6-15(12-26-20)10-21-19(24)18-7-9-22-27-18/h2-5,7,9,15H,6,8,10-14H2,1H3,(H,21,24)/t15-/m0/s1. The zero-order chi connectivity index (χ0) is 18.7. The minimum absolute atomic E-state index is 0.0204. The first-order chi connectivity index (χ1) is 13.2. The lowest BCUT2D eigenvalue weighted by Crippen LogP contribution is -2.64. The Balaban J connectivity index is 1.21. The van der Waals surface area contributed by atoms with Crippen LogP contribution in [-0.2, 0) is 11.3 Å². The zero-order valence-electron chi connectivity index (χ0n) is 15.5. The van der Waals surface area contributed by atoms with Crippen molar-refractivity contribution in [3.05, 3.63) is 47.9 Å². The Morgan fingerprint density at radius 2 is 2.22 bits per heavy atom. The number of likely N-dealkylation sites (tertiary alicyclic amines) is 1. The van der Waals surface area contributed by atoms with E-state index in [1.54, 1.807) is 13.2 Å². The number of nitrogens with zero attached hydrogens (tertiary/aromatic N) is 2. The highest BCUT2D eigenvalue weighted by Crippen LogP contribution is 2.37. The van der Waals surface area contributed by atoms with Gasteiger partial charge >= 0.3 is 0 Å². The Morgan fingerprint density at radius 1 is 1.37 bits per heavy atom. The van der Waals surface area contributed by atoms with E-state index in [2.05, 4.69) is 21.4 Å². The average molecular weight is 371 g/mol. The first-order valence-electron chi connectivity index (χ1n) is 9.34. The lowest BCUT2D eigenvalue weighted by molar-refractivity contribution is -0.181. The number of methoxy groups -OCH3 is 1. The van der Waals surface area contributed by atoms with Crippen molar-refractivity contribution in [2.45, 2.75) is 25.0 Å². The summed E-state index contributed by atoms with van der Waals surface area (Å²) in [6.07, 6.45) is 3.55. The van der Waals surface area contributed by atoms with Gasteiger partial charge in [-0.3, -0.25) is 9.69 Å². The largest absolute Gasteiger partial charge is 0.496 e. The van der Waals surface area contributed by atoms with Crippen LogP contribution in [-0.4, -0.2) is 54.9 Å². The maximum Gasteiger partial charge on any atom is 0.289 e. The molecule has 0 saturated carbocycles. The lowest BCUT2D eigenvalue weighted by Gasteiger charge is -2.53. The molecule has 0 radical (unpaired) electrons. The van der Waals surface area contributed by atoms with Gasteiger partial charge in [-0.25, -0.2) is 0 Å². The van der Waals surface area contributed by atoms with Crippen molar-refractivity contribution in [3.63, 3.8) is 0 Å². The van der Waals surface area contributed by atoms with Gasteiger partial charge in [-0.05, 0) is 24.8 Å². The summed E-state index contributed by atoms with van der Waals surface area (Å²) < 4.78 is 16.5. The van der Waals surface area contributed by atoms with E-state index in [9.17, 15) is 4.79 Å². The minimum Gasteiger partial charge on any atom is -0.496 e. The molecular formula is C20H25N3O4. The Hall–Kier alpha value is -2.38. The molecule has 0 bridgehead atoms. The van der Waals surface area contributed by atoms with E-state index in [0.29, 0.717) is 19.1 Å². The molecule has 3 heterocycles. The van der Waals surface area contributed by atoms with Crippen LogP contribution in [0.15, 0.2) is 41.1 Å². The Morgan fingerprint density at radius 3 is 2.93 bits per heavy atom. The van der Waals surface area contributed by atoms with E-state index < -0.39 is 0 Å². The number of rotatable bonds is 6. The van der Waals surface area contributed by atoms with Gasteiger partial charge in [-0.2, -0.15) is 0 Å². The fraction of sp³-hybridized carbons (Fsp3) is 0.500. The second-order valence-corrected chi connectivity index (χ2v) is 7.44. The Kier molecular flexibility index (Phi) is 5.13. The first kappa shape index (κ1) is 18.0. The van der Waals surface area contributed by atoms with Crippen LogP contribution in [0.3, 0.4) is 0 Å². The molecule has 2 aliphatic heterocycles. The summed E-state index contributed by atoms with van der Waals surface area (Å²) in [5.74, 6) is 1.30. The maximum atomic E-state index is 11.9. The van der Waals surface area contributed by atoms with E-state index in [1.165, 1.54) is 11.8 Å². The van der Waals surface area contributed by atoms with Gasteiger partial charge in [-0.15, -0.1) is 0 Å². The molecule has 27 heavy (non-hydrogen) atoms. The molecule has 7 nitrogen and oxygen atoms in total. The third-order valence-electron chi connectivity index (χ3n) is 5.46. The summed E-state index contributed by atoms with van der Waals surface area (Å²) in [7, 11) is 1.71. The highest BCUT2D eigenvalue weighted by Gasteiger charge is 2.46. The summed E-state index contributed by atoms with van der Waals surface area (Å²) >= 11 is 0. The smallest absolute Gasteiger partial charge is 0.289 e. The molecule has 1 spiro atoms. The summed E-state index contributed by atoms with van der Waals surface area (Å²) in [5.41, 5.74) is 1.19. The van der Waals surface area contributed by atoms with Gasteiger partial charge in [-0.1, -0.05) is 23.4 Å². The van der Waals surface area contributed by atoms with Crippen LogP contribution in [0.25, 0.3) is 0 Å². The number of hydrogen-bond donors (Lipinski definition) is 1. The van der Waals surface area contributed by atoms with E-state index in [4.69, 9.17) is 14.0 Å². The van der Waals surface area contributed by atoms with Gasteiger partial charge in [0.25, 0.3) is 5.91 Å². The zero-order valence-corrected chi connectivity index (χ0v) is 15.5. The molecule has 7 heteroatoms. The molecule has 0 aliphatic carbocycles. The topological polar surface area (TPSA) is 76.8 Å². The van der Waals surface area contributed by atoms with Crippen LogP contribution in [0, 0.1) is 5.92 Å². The van der Waals surface area contributed by atoms with Crippen LogP contribution in [0.5, 0.6) is 5.75 Å². The fourth-order valence-corrected chi connectivity index (χ4v) is 3.94. The summed E-state index contributed by atoms with van der Waals surface area (Å²) in [4.78, 5) is 14.3. The van der Waals surface area contributed by atoms with Crippen molar-refractivity contribution in [1.82, 2.24) is 15.4 Å². The third-order valence-corrected chi connectivity index (χ3v) is 5.46. The van der Waals surface area contributed by atoms with Gasteiger partial charge in [0.1, 0.15) is 5.75 Å².